The highest BCUT2D eigenvalue weighted by Crippen LogP contribution is 2.32. The quantitative estimate of drug-likeness (QED) is 0.908. The van der Waals surface area contributed by atoms with Gasteiger partial charge in [0.25, 0.3) is 5.91 Å². The van der Waals surface area contributed by atoms with Gasteiger partial charge >= 0.3 is 0 Å². The van der Waals surface area contributed by atoms with Crippen molar-refractivity contribution >= 4 is 28.2 Å². The molecule has 1 saturated heterocycles. The van der Waals surface area contributed by atoms with Crippen LogP contribution in [0.25, 0.3) is 0 Å². The van der Waals surface area contributed by atoms with Crippen molar-refractivity contribution in [1.82, 2.24) is 9.88 Å². The second-order valence-corrected chi connectivity index (χ2v) is 7.02. The van der Waals surface area contributed by atoms with Crippen LogP contribution in [0.5, 0.6) is 0 Å². The number of anilines is 2. The Hall–Kier alpha value is -1.30. The molecular formula is C15H24N4OS. The van der Waals surface area contributed by atoms with E-state index < -0.39 is 0 Å². The Balaban J connectivity index is 1.72. The maximum atomic E-state index is 12.7. The number of carbonyl (C=O) groups is 1. The molecule has 2 heterocycles. The Morgan fingerprint density at radius 3 is 2.67 bits per heavy atom. The Bertz CT molecular complexity index is 506. The molecule has 0 bridgehead atoms. The Kier molecular flexibility index (Phi) is 4.33. The fraction of sp³-hybridized carbons (Fsp3) is 0.733. The van der Waals surface area contributed by atoms with Gasteiger partial charge < -0.3 is 15.5 Å². The Morgan fingerprint density at radius 2 is 2.10 bits per heavy atom. The van der Waals surface area contributed by atoms with E-state index in [2.05, 4.69) is 9.88 Å². The molecule has 1 aromatic heterocycles. The zero-order chi connectivity index (χ0) is 14.8. The van der Waals surface area contributed by atoms with Crippen LogP contribution in [0.3, 0.4) is 0 Å². The minimum atomic E-state index is 0.0600. The van der Waals surface area contributed by atoms with E-state index in [9.17, 15) is 4.79 Å². The van der Waals surface area contributed by atoms with Gasteiger partial charge in [0.15, 0.2) is 5.13 Å². The monoisotopic (exact) mass is 308 g/mol. The molecule has 6 heteroatoms. The summed E-state index contributed by atoms with van der Waals surface area (Å²) in [7, 11) is 0. The van der Waals surface area contributed by atoms with Crippen LogP contribution >= 0.6 is 11.3 Å². The van der Waals surface area contributed by atoms with Crippen LogP contribution in [0, 0.1) is 5.92 Å². The van der Waals surface area contributed by atoms with E-state index in [0.717, 1.165) is 31.3 Å². The van der Waals surface area contributed by atoms with E-state index in [1.54, 1.807) is 0 Å². The van der Waals surface area contributed by atoms with Crippen molar-refractivity contribution in [3.8, 4) is 0 Å². The fourth-order valence-corrected chi connectivity index (χ4v) is 4.01. The SMILES string of the molecule is CCN(CC1CCC1)C(=O)c1sc(N2CCCC2)nc1N. The van der Waals surface area contributed by atoms with Crippen LogP contribution in [0.2, 0.25) is 0 Å². The molecule has 0 aromatic carbocycles. The van der Waals surface area contributed by atoms with Gasteiger partial charge in [0.05, 0.1) is 0 Å². The van der Waals surface area contributed by atoms with E-state index in [1.807, 2.05) is 11.8 Å². The molecule has 2 aliphatic rings. The number of aromatic nitrogens is 1. The van der Waals surface area contributed by atoms with Crippen molar-refractivity contribution in [1.29, 1.82) is 0 Å². The molecule has 0 radical (unpaired) electrons. The minimum absolute atomic E-state index is 0.0600. The summed E-state index contributed by atoms with van der Waals surface area (Å²) in [6, 6.07) is 0. The first kappa shape index (κ1) is 14.6. The largest absolute Gasteiger partial charge is 0.382 e. The van der Waals surface area contributed by atoms with Gasteiger partial charge in [-0.05, 0) is 38.5 Å². The first-order valence-corrected chi connectivity index (χ1v) is 8.81. The average Bonchev–Trinajstić information content (AvgIpc) is 3.06. The molecule has 1 amide bonds. The molecule has 21 heavy (non-hydrogen) atoms. The van der Waals surface area contributed by atoms with Gasteiger partial charge in [-0.15, -0.1) is 0 Å². The van der Waals surface area contributed by atoms with Crippen molar-refractivity contribution in [2.45, 2.75) is 39.0 Å². The van der Waals surface area contributed by atoms with Crippen LogP contribution in [0.15, 0.2) is 0 Å². The summed E-state index contributed by atoms with van der Waals surface area (Å²) < 4.78 is 0. The molecular weight excluding hydrogens is 284 g/mol. The van der Waals surface area contributed by atoms with E-state index in [4.69, 9.17) is 5.73 Å². The highest BCUT2D eigenvalue weighted by Gasteiger charge is 2.27. The predicted molar refractivity (Wildman–Crippen MR) is 86.9 cm³/mol. The third kappa shape index (κ3) is 3.00. The molecule has 2 fully saturated rings. The molecule has 1 aliphatic heterocycles. The molecule has 0 spiro atoms. The lowest BCUT2D eigenvalue weighted by molar-refractivity contribution is 0.0712. The number of amides is 1. The summed E-state index contributed by atoms with van der Waals surface area (Å²) in [5.41, 5.74) is 6.00. The smallest absolute Gasteiger partial charge is 0.267 e. The lowest BCUT2D eigenvalue weighted by Crippen LogP contribution is -2.37. The maximum Gasteiger partial charge on any atom is 0.267 e. The predicted octanol–water partition coefficient (Wildman–Crippen LogP) is 2.59. The van der Waals surface area contributed by atoms with Gasteiger partial charge in [-0.3, -0.25) is 4.79 Å². The zero-order valence-electron chi connectivity index (χ0n) is 12.7. The van der Waals surface area contributed by atoms with Crippen LogP contribution in [-0.2, 0) is 0 Å². The summed E-state index contributed by atoms with van der Waals surface area (Å²) in [4.78, 5) is 21.9. The molecule has 1 aromatic rings. The van der Waals surface area contributed by atoms with E-state index >= 15 is 0 Å². The Labute approximate surface area is 130 Å². The normalized spacial score (nSPS) is 18.8. The standard InChI is InChI=1S/C15H24N4OS/c1-2-18(10-11-6-5-7-11)14(20)12-13(16)17-15(21-12)19-8-3-4-9-19/h11H,2-10,16H2,1H3. The minimum Gasteiger partial charge on any atom is -0.382 e. The van der Waals surface area contributed by atoms with Crippen molar-refractivity contribution in [3.63, 3.8) is 0 Å². The zero-order valence-corrected chi connectivity index (χ0v) is 13.5. The molecule has 0 unspecified atom stereocenters. The molecule has 5 nitrogen and oxygen atoms in total. The molecule has 2 N–H and O–H groups in total. The molecule has 1 aliphatic carbocycles. The molecule has 3 rings (SSSR count). The van der Waals surface area contributed by atoms with Gasteiger partial charge in [-0.1, -0.05) is 17.8 Å². The van der Waals surface area contributed by atoms with Crippen molar-refractivity contribution < 1.29 is 4.79 Å². The van der Waals surface area contributed by atoms with Crippen LogP contribution in [-0.4, -0.2) is 42.0 Å². The second kappa shape index (κ2) is 6.22. The number of nitrogens with two attached hydrogens (primary N) is 1. The van der Waals surface area contributed by atoms with Gasteiger partial charge in [0, 0.05) is 26.2 Å². The maximum absolute atomic E-state index is 12.7. The molecule has 116 valence electrons. The molecule has 0 atom stereocenters. The number of nitrogen functional groups attached to an aromatic ring is 1. The number of thiazole rings is 1. The van der Waals surface area contributed by atoms with Crippen molar-refractivity contribution in [2.24, 2.45) is 5.92 Å². The molecule has 1 saturated carbocycles. The summed E-state index contributed by atoms with van der Waals surface area (Å²) in [6.07, 6.45) is 6.21. The second-order valence-electron chi connectivity index (χ2n) is 6.05. The van der Waals surface area contributed by atoms with E-state index in [0.29, 0.717) is 16.6 Å². The lowest BCUT2D eigenvalue weighted by Gasteiger charge is -2.31. The average molecular weight is 308 g/mol. The van der Waals surface area contributed by atoms with Gasteiger partial charge in [0.1, 0.15) is 10.7 Å². The number of rotatable bonds is 5. The van der Waals surface area contributed by atoms with Crippen LogP contribution in [0.1, 0.15) is 48.7 Å². The third-order valence-electron chi connectivity index (χ3n) is 4.59. The van der Waals surface area contributed by atoms with Gasteiger partial charge in [-0.2, -0.15) is 0 Å². The first-order chi connectivity index (χ1) is 10.2. The summed E-state index contributed by atoms with van der Waals surface area (Å²) in [5.74, 6) is 1.14. The number of nitrogens with zero attached hydrogens (tertiary/aromatic N) is 3. The summed E-state index contributed by atoms with van der Waals surface area (Å²) >= 11 is 1.46. The van der Waals surface area contributed by atoms with Crippen LogP contribution < -0.4 is 10.6 Å². The van der Waals surface area contributed by atoms with Gasteiger partial charge in [-0.25, -0.2) is 4.98 Å². The van der Waals surface area contributed by atoms with E-state index in [-0.39, 0.29) is 5.91 Å². The highest BCUT2D eigenvalue weighted by molar-refractivity contribution is 7.18. The number of hydrogen-bond donors (Lipinski definition) is 1. The summed E-state index contributed by atoms with van der Waals surface area (Å²) in [5, 5.41) is 0.910. The van der Waals surface area contributed by atoms with Gasteiger partial charge in [0.2, 0.25) is 0 Å². The fourth-order valence-electron chi connectivity index (χ4n) is 3.00. The number of hydrogen-bond acceptors (Lipinski definition) is 5. The first-order valence-electron chi connectivity index (χ1n) is 7.99. The van der Waals surface area contributed by atoms with E-state index in [1.165, 1.54) is 43.4 Å². The highest BCUT2D eigenvalue weighted by atomic mass is 32.1. The summed E-state index contributed by atoms with van der Waals surface area (Å²) in [6.45, 7) is 5.70. The lowest BCUT2D eigenvalue weighted by atomic mass is 9.85. The van der Waals surface area contributed by atoms with Crippen LogP contribution in [0.4, 0.5) is 10.9 Å². The number of carbonyl (C=O) groups excluding carboxylic acids is 1. The Morgan fingerprint density at radius 1 is 1.38 bits per heavy atom. The third-order valence-corrected chi connectivity index (χ3v) is 5.71. The topological polar surface area (TPSA) is 62.5 Å². The van der Waals surface area contributed by atoms with Crippen molar-refractivity contribution in [3.05, 3.63) is 4.88 Å². The van der Waals surface area contributed by atoms with Crippen molar-refractivity contribution in [2.75, 3.05) is 36.8 Å².